The summed E-state index contributed by atoms with van der Waals surface area (Å²) in [5.41, 5.74) is 0.558. The Morgan fingerprint density at radius 1 is 1.11 bits per heavy atom. The van der Waals surface area contributed by atoms with Crippen molar-refractivity contribution in [2.75, 3.05) is 20.8 Å². The van der Waals surface area contributed by atoms with E-state index in [0.29, 0.717) is 22.8 Å². The SMILES string of the molecule is COc1ccc(CCN2C(=O)C(O)=C(C(=O)c3cccs3)[C@H]2c2ccccc2[N+](=O)[O-])cc1OC. The fourth-order valence-corrected chi connectivity index (χ4v) is 4.83. The van der Waals surface area contributed by atoms with Gasteiger partial charge in [0.15, 0.2) is 17.3 Å². The lowest BCUT2D eigenvalue weighted by Crippen LogP contribution is -2.33. The minimum atomic E-state index is -1.11. The summed E-state index contributed by atoms with van der Waals surface area (Å²) in [4.78, 5) is 39.3. The molecule has 1 atom stereocenters. The van der Waals surface area contributed by atoms with Crippen molar-refractivity contribution in [3.63, 3.8) is 0 Å². The first kappa shape index (κ1) is 24.0. The van der Waals surface area contributed by atoms with Gasteiger partial charge in [0, 0.05) is 12.6 Å². The average molecular weight is 495 g/mol. The summed E-state index contributed by atoms with van der Waals surface area (Å²) in [6.07, 6.45) is 0.344. The number of hydrogen-bond acceptors (Lipinski definition) is 8. The Kier molecular flexibility index (Phi) is 6.83. The fraction of sp³-hybridized carbons (Fsp3) is 0.200. The number of nitro benzene ring substituents is 1. The molecule has 0 radical (unpaired) electrons. The van der Waals surface area contributed by atoms with Crippen LogP contribution in [0.4, 0.5) is 5.69 Å². The zero-order valence-corrected chi connectivity index (χ0v) is 19.8. The van der Waals surface area contributed by atoms with Crippen molar-refractivity contribution in [1.29, 1.82) is 0 Å². The third-order valence-corrected chi connectivity index (χ3v) is 6.68. The lowest BCUT2D eigenvalue weighted by molar-refractivity contribution is -0.385. The number of methoxy groups -OCH3 is 2. The van der Waals surface area contributed by atoms with Crippen LogP contribution in [0.5, 0.6) is 11.5 Å². The Morgan fingerprint density at radius 2 is 1.86 bits per heavy atom. The van der Waals surface area contributed by atoms with E-state index < -0.39 is 28.4 Å². The van der Waals surface area contributed by atoms with Crippen LogP contribution in [-0.4, -0.2) is 47.4 Å². The lowest BCUT2D eigenvalue weighted by atomic mass is 9.94. The quantitative estimate of drug-likeness (QED) is 0.264. The number of nitro groups is 1. The van der Waals surface area contributed by atoms with E-state index in [9.17, 15) is 24.8 Å². The Hall–Kier alpha value is -4.18. The number of ketones is 1. The Labute approximate surface area is 205 Å². The van der Waals surface area contributed by atoms with Crippen molar-refractivity contribution in [1.82, 2.24) is 4.90 Å². The van der Waals surface area contributed by atoms with Crippen LogP contribution < -0.4 is 9.47 Å². The molecule has 9 nitrogen and oxygen atoms in total. The van der Waals surface area contributed by atoms with Crippen molar-refractivity contribution in [2.45, 2.75) is 12.5 Å². The summed E-state index contributed by atoms with van der Waals surface area (Å²) in [6, 6.07) is 13.4. The van der Waals surface area contributed by atoms with Gasteiger partial charge >= 0.3 is 0 Å². The van der Waals surface area contributed by atoms with Crippen LogP contribution in [-0.2, 0) is 11.2 Å². The van der Waals surface area contributed by atoms with Crippen molar-refractivity contribution in [3.8, 4) is 11.5 Å². The van der Waals surface area contributed by atoms with Crippen LogP contribution in [0.25, 0.3) is 0 Å². The molecule has 1 aliphatic heterocycles. The number of ether oxygens (including phenoxy) is 2. The monoisotopic (exact) mass is 494 g/mol. The molecular formula is C25H22N2O7S. The zero-order chi connectivity index (χ0) is 25.1. The first-order valence-electron chi connectivity index (χ1n) is 10.6. The summed E-state index contributed by atoms with van der Waals surface area (Å²) in [7, 11) is 3.04. The molecule has 1 N–H and O–H groups in total. The molecule has 0 spiro atoms. The van der Waals surface area contributed by atoms with Gasteiger partial charge in [-0.3, -0.25) is 19.7 Å². The second-order valence-corrected chi connectivity index (χ2v) is 8.67. The molecule has 10 heteroatoms. The maximum Gasteiger partial charge on any atom is 0.290 e. The summed E-state index contributed by atoms with van der Waals surface area (Å²) in [6.45, 7) is 0.0936. The molecule has 180 valence electrons. The zero-order valence-electron chi connectivity index (χ0n) is 19.0. The van der Waals surface area contributed by atoms with Gasteiger partial charge in [-0.1, -0.05) is 24.3 Å². The predicted molar refractivity (Wildman–Crippen MR) is 129 cm³/mol. The highest BCUT2D eigenvalue weighted by Crippen LogP contribution is 2.42. The topological polar surface area (TPSA) is 119 Å². The van der Waals surface area contributed by atoms with Gasteiger partial charge in [-0.05, 0) is 41.6 Å². The molecule has 0 fully saturated rings. The maximum atomic E-state index is 13.3. The number of rotatable bonds is 9. The number of Topliss-reactive ketones (excluding diaryl/α,β-unsaturated/α-hetero) is 1. The Bertz CT molecular complexity index is 1320. The van der Waals surface area contributed by atoms with Crippen LogP contribution in [0.2, 0.25) is 0 Å². The number of amides is 1. The van der Waals surface area contributed by atoms with Crippen molar-refractivity contribution in [3.05, 3.63) is 97.4 Å². The van der Waals surface area contributed by atoms with Crippen LogP contribution in [0.1, 0.15) is 26.8 Å². The van der Waals surface area contributed by atoms with Gasteiger partial charge in [-0.25, -0.2) is 0 Å². The normalized spacial score (nSPS) is 15.4. The molecule has 4 rings (SSSR count). The molecule has 1 aromatic heterocycles. The standard InChI is InChI=1S/C25H22N2O7S/c1-33-18-10-9-15(14-19(18)34-2)11-12-26-22(16-6-3-4-7-17(16)27(31)32)21(24(29)25(26)30)23(28)20-8-5-13-35-20/h3-10,13-14,22,29H,11-12H2,1-2H3/t22-/m1/s1. The molecular weight excluding hydrogens is 472 g/mol. The minimum absolute atomic E-state index is 0.0936. The van der Waals surface area contributed by atoms with E-state index >= 15 is 0 Å². The summed E-state index contributed by atoms with van der Waals surface area (Å²) in [5.74, 6) is -0.924. The number of aliphatic hydroxyl groups is 1. The number of benzene rings is 2. The second kappa shape index (κ2) is 9.98. The Morgan fingerprint density at radius 3 is 2.51 bits per heavy atom. The van der Waals surface area contributed by atoms with Crippen LogP contribution in [0.15, 0.2) is 71.3 Å². The largest absolute Gasteiger partial charge is 0.503 e. The molecule has 0 saturated carbocycles. The second-order valence-electron chi connectivity index (χ2n) is 7.73. The molecule has 3 aromatic rings. The Balaban J connectivity index is 1.74. The van der Waals surface area contributed by atoms with Crippen molar-refractivity contribution < 1.29 is 29.1 Å². The first-order valence-corrected chi connectivity index (χ1v) is 11.5. The molecule has 0 unspecified atom stereocenters. The number of hydrogen-bond donors (Lipinski definition) is 1. The van der Waals surface area contributed by atoms with E-state index in [1.165, 1.54) is 37.3 Å². The van der Waals surface area contributed by atoms with Crippen LogP contribution >= 0.6 is 11.3 Å². The van der Waals surface area contributed by atoms with E-state index in [1.807, 2.05) is 6.07 Å². The molecule has 0 aliphatic carbocycles. The van der Waals surface area contributed by atoms with Gasteiger partial charge in [0.2, 0.25) is 5.78 Å². The number of thiophene rings is 1. The van der Waals surface area contributed by atoms with E-state index in [1.54, 1.807) is 35.7 Å². The van der Waals surface area contributed by atoms with Crippen LogP contribution in [0.3, 0.4) is 0 Å². The van der Waals surface area contributed by atoms with Gasteiger partial charge in [-0.15, -0.1) is 11.3 Å². The number of aliphatic hydroxyl groups excluding tert-OH is 1. The molecule has 2 aromatic carbocycles. The number of para-hydroxylation sites is 1. The number of nitrogens with zero attached hydrogens (tertiary/aromatic N) is 2. The van der Waals surface area contributed by atoms with Gasteiger partial charge in [0.1, 0.15) is 0 Å². The highest BCUT2D eigenvalue weighted by Gasteiger charge is 2.45. The highest BCUT2D eigenvalue weighted by atomic mass is 32.1. The maximum absolute atomic E-state index is 13.3. The molecule has 1 aliphatic rings. The third kappa shape index (κ3) is 4.47. The summed E-state index contributed by atoms with van der Waals surface area (Å²) < 4.78 is 10.6. The van der Waals surface area contributed by atoms with Crippen LogP contribution in [0, 0.1) is 10.1 Å². The molecule has 2 heterocycles. The minimum Gasteiger partial charge on any atom is -0.503 e. The fourth-order valence-electron chi connectivity index (χ4n) is 4.15. The number of carbonyl (C=O) groups is 2. The summed E-state index contributed by atoms with van der Waals surface area (Å²) in [5, 5.41) is 24.3. The van der Waals surface area contributed by atoms with E-state index in [0.717, 1.165) is 16.9 Å². The van der Waals surface area contributed by atoms with Gasteiger partial charge < -0.3 is 19.5 Å². The average Bonchev–Trinajstić information content (AvgIpc) is 3.49. The van der Waals surface area contributed by atoms with E-state index in [-0.39, 0.29) is 23.4 Å². The first-order chi connectivity index (χ1) is 16.9. The summed E-state index contributed by atoms with van der Waals surface area (Å²) >= 11 is 1.16. The third-order valence-electron chi connectivity index (χ3n) is 5.81. The predicted octanol–water partition coefficient (Wildman–Crippen LogP) is 4.49. The van der Waals surface area contributed by atoms with Gasteiger partial charge in [0.05, 0.1) is 41.2 Å². The van der Waals surface area contributed by atoms with Crippen molar-refractivity contribution in [2.24, 2.45) is 0 Å². The van der Waals surface area contributed by atoms with E-state index in [4.69, 9.17) is 9.47 Å². The lowest BCUT2D eigenvalue weighted by Gasteiger charge is -2.26. The van der Waals surface area contributed by atoms with Gasteiger partial charge in [-0.2, -0.15) is 0 Å². The van der Waals surface area contributed by atoms with Crippen molar-refractivity contribution >= 4 is 28.7 Å². The molecule has 35 heavy (non-hydrogen) atoms. The molecule has 1 amide bonds. The molecule has 0 bridgehead atoms. The smallest absolute Gasteiger partial charge is 0.290 e. The number of carbonyl (C=O) groups excluding carboxylic acids is 2. The van der Waals surface area contributed by atoms with Gasteiger partial charge in [0.25, 0.3) is 11.6 Å². The highest BCUT2D eigenvalue weighted by molar-refractivity contribution is 7.12. The van der Waals surface area contributed by atoms with E-state index in [2.05, 4.69) is 0 Å². The molecule has 0 saturated heterocycles.